The van der Waals surface area contributed by atoms with Gasteiger partial charge in [0, 0.05) is 5.56 Å². The first-order chi connectivity index (χ1) is 8.65. The SMILES string of the molecule is COc1cccc(CF)c1C1(C(=O)O)CCCC1. The minimum absolute atomic E-state index is 0.429. The topological polar surface area (TPSA) is 46.5 Å². The molecule has 1 aromatic rings. The number of aliphatic carboxylic acids is 1. The molecule has 4 heteroatoms. The zero-order valence-corrected chi connectivity index (χ0v) is 10.4. The van der Waals surface area contributed by atoms with Crippen LogP contribution >= 0.6 is 0 Å². The predicted molar refractivity (Wildman–Crippen MR) is 65.6 cm³/mol. The number of carbonyl (C=O) groups is 1. The van der Waals surface area contributed by atoms with Crippen LogP contribution in [-0.4, -0.2) is 18.2 Å². The van der Waals surface area contributed by atoms with Crippen molar-refractivity contribution >= 4 is 5.97 Å². The Balaban J connectivity index is 2.63. The van der Waals surface area contributed by atoms with Gasteiger partial charge in [-0.15, -0.1) is 0 Å². The third kappa shape index (κ3) is 1.85. The van der Waals surface area contributed by atoms with Gasteiger partial charge in [0.25, 0.3) is 0 Å². The van der Waals surface area contributed by atoms with Crippen molar-refractivity contribution in [1.29, 1.82) is 0 Å². The Morgan fingerprint density at radius 2 is 2.11 bits per heavy atom. The van der Waals surface area contributed by atoms with Gasteiger partial charge in [0.2, 0.25) is 0 Å². The highest BCUT2D eigenvalue weighted by Crippen LogP contribution is 2.46. The van der Waals surface area contributed by atoms with Crippen molar-refractivity contribution in [3.05, 3.63) is 29.3 Å². The molecule has 1 aliphatic rings. The summed E-state index contributed by atoms with van der Waals surface area (Å²) in [6.45, 7) is -0.665. The highest BCUT2D eigenvalue weighted by molar-refractivity contribution is 5.83. The van der Waals surface area contributed by atoms with Crippen LogP contribution in [0.5, 0.6) is 5.75 Å². The summed E-state index contributed by atoms with van der Waals surface area (Å²) in [6.07, 6.45) is 2.82. The van der Waals surface area contributed by atoms with E-state index >= 15 is 0 Å². The fraction of sp³-hybridized carbons (Fsp3) is 0.500. The van der Waals surface area contributed by atoms with Crippen molar-refractivity contribution in [2.45, 2.75) is 37.8 Å². The maximum Gasteiger partial charge on any atom is 0.314 e. The van der Waals surface area contributed by atoms with Gasteiger partial charge in [0.15, 0.2) is 0 Å². The highest BCUT2D eigenvalue weighted by Gasteiger charge is 2.46. The second kappa shape index (κ2) is 4.96. The van der Waals surface area contributed by atoms with E-state index in [1.165, 1.54) is 7.11 Å². The number of hydrogen-bond donors (Lipinski definition) is 1. The highest BCUT2D eigenvalue weighted by atomic mass is 19.1. The van der Waals surface area contributed by atoms with Crippen LogP contribution in [0.25, 0.3) is 0 Å². The smallest absolute Gasteiger partial charge is 0.314 e. The van der Waals surface area contributed by atoms with Crippen molar-refractivity contribution in [3.8, 4) is 5.75 Å². The largest absolute Gasteiger partial charge is 0.496 e. The van der Waals surface area contributed by atoms with Crippen LogP contribution in [0.2, 0.25) is 0 Å². The van der Waals surface area contributed by atoms with Gasteiger partial charge in [-0.3, -0.25) is 4.79 Å². The van der Waals surface area contributed by atoms with Crippen molar-refractivity contribution in [2.24, 2.45) is 0 Å². The molecule has 1 aromatic carbocycles. The van der Waals surface area contributed by atoms with E-state index in [0.29, 0.717) is 29.7 Å². The average molecular weight is 252 g/mol. The number of alkyl halides is 1. The van der Waals surface area contributed by atoms with Crippen LogP contribution in [0.15, 0.2) is 18.2 Å². The predicted octanol–water partition coefficient (Wildman–Crippen LogP) is 3.06. The summed E-state index contributed by atoms with van der Waals surface area (Å²) in [5.74, 6) is -0.395. The number of carboxylic acids is 1. The van der Waals surface area contributed by atoms with E-state index in [2.05, 4.69) is 0 Å². The van der Waals surface area contributed by atoms with Crippen LogP contribution in [-0.2, 0) is 16.9 Å². The lowest BCUT2D eigenvalue weighted by molar-refractivity contribution is -0.143. The molecule has 98 valence electrons. The molecule has 2 rings (SSSR count). The van der Waals surface area contributed by atoms with Crippen molar-refractivity contribution < 1.29 is 19.0 Å². The number of ether oxygens (including phenoxy) is 1. The number of methoxy groups -OCH3 is 1. The van der Waals surface area contributed by atoms with Gasteiger partial charge in [-0.2, -0.15) is 0 Å². The molecule has 0 unspecified atom stereocenters. The summed E-state index contributed by atoms with van der Waals surface area (Å²) < 4.78 is 18.4. The van der Waals surface area contributed by atoms with E-state index in [0.717, 1.165) is 12.8 Å². The molecular formula is C14H17FO3. The molecule has 1 fully saturated rings. The molecule has 0 spiro atoms. The van der Waals surface area contributed by atoms with E-state index in [4.69, 9.17) is 4.74 Å². The quantitative estimate of drug-likeness (QED) is 0.895. The Kier molecular flexibility index (Phi) is 3.55. The van der Waals surface area contributed by atoms with E-state index in [1.807, 2.05) is 0 Å². The van der Waals surface area contributed by atoms with Crippen LogP contribution in [0.4, 0.5) is 4.39 Å². The number of rotatable bonds is 4. The molecule has 1 N–H and O–H groups in total. The average Bonchev–Trinajstić information content (AvgIpc) is 2.88. The van der Waals surface area contributed by atoms with Crippen LogP contribution in [0.1, 0.15) is 36.8 Å². The molecule has 0 saturated heterocycles. The maximum atomic E-state index is 13.1. The Morgan fingerprint density at radius 1 is 1.44 bits per heavy atom. The van der Waals surface area contributed by atoms with Gasteiger partial charge < -0.3 is 9.84 Å². The zero-order valence-electron chi connectivity index (χ0n) is 10.4. The van der Waals surface area contributed by atoms with Crippen LogP contribution in [0, 0.1) is 0 Å². The number of halogens is 1. The van der Waals surface area contributed by atoms with Crippen LogP contribution < -0.4 is 4.74 Å². The molecule has 1 saturated carbocycles. The fourth-order valence-electron chi connectivity index (χ4n) is 2.95. The zero-order chi connectivity index (χ0) is 13.2. The van der Waals surface area contributed by atoms with Gasteiger partial charge in [-0.05, 0) is 24.5 Å². The van der Waals surface area contributed by atoms with Crippen molar-refractivity contribution in [1.82, 2.24) is 0 Å². The van der Waals surface area contributed by atoms with Gasteiger partial charge >= 0.3 is 5.97 Å². The molecule has 1 aliphatic carbocycles. The Morgan fingerprint density at radius 3 is 2.61 bits per heavy atom. The lowest BCUT2D eigenvalue weighted by Gasteiger charge is -2.28. The van der Waals surface area contributed by atoms with E-state index < -0.39 is 18.1 Å². The lowest BCUT2D eigenvalue weighted by atomic mass is 9.76. The van der Waals surface area contributed by atoms with Crippen molar-refractivity contribution in [2.75, 3.05) is 7.11 Å². The maximum absolute atomic E-state index is 13.1. The van der Waals surface area contributed by atoms with Crippen LogP contribution in [0.3, 0.4) is 0 Å². The van der Waals surface area contributed by atoms with Crippen molar-refractivity contribution in [3.63, 3.8) is 0 Å². The molecule has 0 aliphatic heterocycles. The first kappa shape index (κ1) is 12.9. The molecule has 3 nitrogen and oxygen atoms in total. The summed E-state index contributed by atoms with van der Waals surface area (Å²) in [5, 5.41) is 9.58. The van der Waals surface area contributed by atoms with E-state index in [-0.39, 0.29) is 0 Å². The molecule has 0 heterocycles. The van der Waals surface area contributed by atoms with E-state index in [9.17, 15) is 14.3 Å². The summed E-state index contributed by atoms with van der Waals surface area (Å²) in [6, 6.07) is 5.04. The fourth-order valence-corrected chi connectivity index (χ4v) is 2.95. The summed E-state index contributed by atoms with van der Waals surface area (Å²) in [5.41, 5.74) is -0.0211. The Labute approximate surface area is 106 Å². The second-order valence-corrected chi connectivity index (χ2v) is 4.72. The van der Waals surface area contributed by atoms with Gasteiger partial charge in [0.1, 0.15) is 12.4 Å². The molecule has 0 bridgehead atoms. The monoisotopic (exact) mass is 252 g/mol. The number of carboxylic acid groups (broad SMARTS) is 1. The standard InChI is InChI=1S/C14H17FO3/c1-18-11-6-4-5-10(9-15)12(11)14(13(16)17)7-2-3-8-14/h4-6H,2-3,7-9H2,1H3,(H,16,17). The van der Waals surface area contributed by atoms with E-state index in [1.54, 1.807) is 18.2 Å². The first-order valence-corrected chi connectivity index (χ1v) is 6.11. The minimum atomic E-state index is -0.978. The molecule has 0 atom stereocenters. The molecule has 0 radical (unpaired) electrons. The second-order valence-electron chi connectivity index (χ2n) is 4.72. The summed E-state index contributed by atoms with van der Waals surface area (Å²) >= 11 is 0. The number of benzene rings is 1. The summed E-state index contributed by atoms with van der Waals surface area (Å²) in [7, 11) is 1.49. The van der Waals surface area contributed by atoms with Gasteiger partial charge in [0.05, 0.1) is 12.5 Å². The molecule has 0 amide bonds. The summed E-state index contributed by atoms with van der Waals surface area (Å²) in [4.78, 5) is 11.7. The molecule has 18 heavy (non-hydrogen) atoms. The Bertz CT molecular complexity index is 428. The van der Waals surface area contributed by atoms with Gasteiger partial charge in [-0.25, -0.2) is 4.39 Å². The number of hydrogen-bond acceptors (Lipinski definition) is 2. The minimum Gasteiger partial charge on any atom is -0.496 e. The Hall–Kier alpha value is -1.58. The molecular weight excluding hydrogens is 235 g/mol. The molecule has 0 aromatic heterocycles. The third-order valence-corrected chi connectivity index (χ3v) is 3.82. The lowest BCUT2D eigenvalue weighted by Crippen LogP contribution is -2.34. The first-order valence-electron chi connectivity index (χ1n) is 6.11. The van der Waals surface area contributed by atoms with Gasteiger partial charge in [-0.1, -0.05) is 25.0 Å². The normalized spacial score (nSPS) is 17.7. The third-order valence-electron chi connectivity index (χ3n) is 3.82.